The Morgan fingerprint density at radius 1 is 1.07 bits per heavy atom. The topological polar surface area (TPSA) is 50.7 Å². The second-order valence-corrected chi connectivity index (χ2v) is 6.99. The van der Waals surface area contributed by atoms with E-state index in [2.05, 4.69) is 26.5 Å². The van der Waals surface area contributed by atoms with Crippen molar-refractivity contribution in [3.05, 3.63) is 99.0 Å². The number of rotatable bonds is 6. The van der Waals surface area contributed by atoms with E-state index in [-0.39, 0.29) is 5.91 Å². The van der Waals surface area contributed by atoms with Gasteiger partial charge in [0.1, 0.15) is 12.4 Å². The van der Waals surface area contributed by atoms with Crippen molar-refractivity contribution < 1.29 is 9.53 Å². The van der Waals surface area contributed by atoms with Gasteiger partial charge in [-0.2, -0.15) is 5.10 Å². The number of halogens is 2. The van der Waals surface area contributed by atoms with E-state index < -0.39 is 0 Å². The molecule has 3 rings (SSSR count). The highest BCUT2D eigenvalue weighted by Crippen LogP contribution is 2.17. The molecule has 0 spiro atoms. The van der Waals surface area contributed by atoms with Gasteiger partial charge in [-0.3, -0.25) is 4.79 Å². The summed E-state index contributed by atoms with van der Waals surface area (Å²) in [6, 6.07) is 22.1. The van der Waals surface area contributed by atoms with Crippen LogP contribution in [0.2, 0.25) is 5.02 Å². The van der Waals surface area contributed by atoms with Crippen LogP contribution in [0, 0.1) is 0 Å². The largest absolute Gasteiger partial charge is 0.489 e. The Bertz CT molecular complexity index is 958. The third kappa shape index (κ3) is 5.67. The zero-order valence-corrected chi connectivity index (χ0v) is 16.6. The number of carbonyl (C=O) groups is 1. The van der Waals surface area contributed by atoms with E-state index in [0.29, 0.717) is 22.9 Å². The van der Waals surface area contributed by atoms with E-state index in [9.17, 15) is 4.79 Å². The maximum absolute atomic E-state index is 12.1. The molecule has 3 aromatic carbocycles. The molecule has 0 aliphatic rings. The monoisotopic (exact) mass is 442 g/mol. The van der Waals surface area contributed by atoms with Gasteiger partial charge in [0, 0.05) is 20.6 Å². The number of ether oxygens (including phenoxy) is 1. The summed E-state index contributed by atoms with van der Waals surface area (Å²) in [7, 11) is 0. The Kier molecular flexibility index (Phi) is 6.63. The van der Waals surface area contributed by atoms with Crippen molar-refractivity contribution in [3.8, 4) is 5.75 Å². The lowest BCUT2D eigenvalue weighted by Gasteiger charge is -2.07. The molecule has 4 nitrogen and oxygen atoms in total. The van der Waals surface area contributed by atoms with Crippen molar-refractivity contribution in [1.29, 1.82) is 0 Å². The van der Waals surface area contributed by atoms with Gasteiger partial charge in [0.25, 0.3) is 5.91 Å². The summed E-state index contributed by atoms with van der Waals surface area (Å²) in [5.74, 6) is 0.378. The molecule has 0 atom stereocenters. The van der Waals surface area contributed by atoms with Crippen LogP contribution in [0.3, 0.4) is 0 Å². The predicted octanol–water partition coefficient (Wildman–Crippen LogP) is 5.45. The SMILES string of the molecule is O=C(N/N=C/c1ccccc1Cl)c1ccc(OCc2cccc(Br)c2)cc1. The normalized spacial score (nSPS) is 10.7. The maximum atomic E-state index is 12.1. The number of carbonyl (C=O) groups excluding carboxylic acids is 1. The third-order valence-corrected chi connectivity index (χ3v) is 4.52. The number of hydrogen-bond acceptors (Lipinski definition) is 3. The summed E-state index contributed by atoms with van der Waals surface area (Å²) in [6.07, 6.45) is 1.51. The number of hydrazone groups is 1. The van der Waals surface area contributed by atoms with Gasteiger partial charge in [-0.1, -0.05) is 57.9 Å². The van der Waals surface area contributed by atoms with Crippen LogP contribution in [-0.4, -0.2) is 12.1 Å². The molecule has 136 valence electrons. The highest BCUT2D eigenvalue weighted by molar-refractivity contribution is 9.10. The van der Waals surface area contributed by atoms with Crippen LogP contribution in [0.25, 0.3) is 0 Å². The Hall–Kier alpha value is -2.63. The van der Waals surface area contributed by atoms with Gasteiger partial charge in [0.2, 0.25) is 0 Å². The van der Waals surface area contributed by atoms with E-state index in [1.165, 1.54) is 6.21 Å². The van der Waals surface area contributed by atoms with Crippen molar-refractivity contribution in [2.24, 2.45) is 5.10 Å². The van der Waals surface area contributed by atoms with Gasteiger partial charge in [0.15, 0.2) is 0 Å². The zero-order chi connectivity index (χ0) is 19.1. The van der Waals surface area contributed by atoms with E-state index in [1.54, 1.807) is 30.3 Å². The van der Waals surface area contributed by atoms with Crippen LogP contribution < -0.4 is 10.2 Å². The lowest BCUT2D eigenvalue weighted by atomic mass is 10.2. The van der Waals surface area contributed by atoms with Gasteiger partial charge in [-0.25, -0.2) is 5.43 Å². The molecule has 1 N–H and O–H groups in total. The van der Waals surface area contributed by atoms with Gasteiger partial charge in [-0.05, 0) is 48.0 Å². The second-order valence-electron chi connectivity index (χ2n) is 5.66. The molecule has 0 aliphatic heterocycles. The Morgan fingerprint density at radius 3 is 2.59 bits per heavy atom. The predicted molar refractivity (Wildman–Crippen MR) is 111 cm³/mol. The minimum absolute atomic E-state index is 0.308. The molecule has 0 unspecified atom stereocenters. The van der Waals surface area contributed by atoms with Crippen molar-refractivity contribution in [1.82, 2.24) is 5.43 Å². The van der Waals surface area contributed by atoms with E-state index in [4.69, 9.17) is 16.3 Å². The summed E-state index contributed by atoms with van der Waals surface area (Å²) < 4.78 is 6.74. The lowest BCUT2D eigenvalue weighted by Crippen LogP contribution is -2.17. The van der Waals surface area contributed by atoms with E-state index in [1.807, 2.05) is 42.5 Å². The van der Waals surface area contributed by atoms with Crippen LogP contribution in [0.5, 0.6) is 5.75 Å². The molecule has 0 saturated heterocycles. The number of nitrogens with zero attached hydrogens (tertiary/aromatic N) is 1. The first kappa shape index (κ1) is 19.1. The number of benzene rings is 3. The molecule has 0 aliphatic carbocycles. The molecule has 0 fully saturated rings. The van der Waals surface area contributed by atoms with E-state index >= 15 is 0 Å². The quantitative estimate of drug-likeness (QED) is 0.407. The summed E-state index contributed by atoms with van der Waals surface area (Å²) >= 11 is 9.47. The minimum atomic E-state index is -0.308. The molecule has 0 aromatic heterocycles. The van der Waals surface area contributed by atoms with Gasteiger partial charge in [0.05, 0.1) is 6.21 Å². The summed E-state index contributed by atoms with van der Waals surface area (Å²) in [4.78, 5) is 12.1. The summed E-state index contributed by atoms with van der Waals surface area (Å²) in [5.41, 5.74) is 4.76. The number of hydrogen-bond donors (Lipinski definition) is 1. The molecule has 1 amide bonds. The molecule has 3 aromatic rings. The molecule has 0 radical (unpaired) electrons. The first-order chi connectivity index (χ1) is 13.1. The number of nitrogens with one attached hydrogen (secondary N) is 1. The smallest absolute Gasteiger partial charge is 0.271 e. The van der Waals surface area contributed by atoms with Gasteiger partial charge < -0.3 is 4.74 Å². The van der Waals surface area contributed by atoms with Crippen molar-refractivity contribution >= 4 is 39.7 Å². The molecule has 0 saturated carbocycles. The highest BCUT2D eigenvalue weighted by Gasteiger charge is 2.05. The van der Waals surface area contributed by atoms with Crippen LogP contribution in [0.4, 0.5) is 0 Å². The molecule has 0 bridgehead atoms. The van der Waals surface area contributed by atoms with E-state index in [0.717, 1.165) is 15.6 Å². The van der Waals surface area contributed by atoms with Crippen LogP contribution >= 0.6 is 27.5 Å². The first-order valence-electron chi connectivity index (χ1n) is 8.17. The van der Waals surface area contributed by atoms with Crippen LogP contribution in [0.1, 0.15) is 21.5 Å². The molecular weight excluding hydrogens is 428 g/mol. The minimum Gasteiger partial charge on any atom is -0.489 e. The summed E-state index contributed by atoms with van der Waals surface area (Å²) in [6.45, 7) is 0.451. The number of amides is 1. The fraction of sp³-hybridized carbons (Fsp3) is 0.0476. The van der Waals surface area contributed by atoms with Crippen LogP contribution in [-0.2, 0) is 6.61 Å². The zero-order valence-electron chi connectivity index (χ0n) is 14.2. The molecule has 6 heteroatoms. The maximum Gasteiger partial charge on any atom is 0.271 e. The highest BCUT2D eigenvalue weighted by atomic mass is 79.9. The van der Waals surface area contributed by atoms with Crippen molar-refractivity contribution in [3.63, 3.8) is 0 Å². The summed E-state index contributed by atoms with van der Waals surface area (Å²) in [5, 5.41) is 4.51. The fourth-order valence-corrected chi connectivity index (χ4v) is 2.93. The van der Waals surface area contributed by atoms with Gasteiger partial charge >= 0.3 is 0 Å². The Labute approximate surface area is 171 Å². The Balaban J connectivity index is 1.55. The Morgan fingerprint density at radius 2 is 1.85 bits per heavy atom. The average Bonchev–Trinajstić information content (AvgIpc) is 2.68. The molecular formula is C21H16BrClN2O2. The average molecular weight is 444 g/mol. The molecule has 27 heavy (non-hydrogen) atoms. The van der Waals surface area contributed by atoms with Crippen molar-refractivity contribution in [2.75, 3.05) is 0 Å². The second kappa shape index (κ2) is 9.35. The van der Waals surface area contributed by atoms with Gasteiger partial charge in [-0.15, -0.1) is 0 Å². The van der Waals surface area contributed by atoms with Crippen LogP contribution in [0.15, 0.2) is 82.4 Å². The third-order valence-electron chi connectivity index (χ3n) is 3.69. The first-order valence-corrected chi connectivity index (χ1v) is 9.34. The molecule has 0 heterocycles. The lowest BCUT2D eigenvalue weighted by molar-refractivity contribution is 0.0955. The standard InChI is InChI=1S/C21H16BrClN2O2/c22-18-6-3-4-15(12-18)14-27-19-10-8-16(9-11-19)21(26)25-24-13-17-5-1-2-7-20(17)23/h1-13H,14H2,(H,25,26)/b24-13+. The fourth-order valence-electron chi connectivity index (χ4n) is 2.30. The van der Waals surface area contributed by atoms with Crippen molar-refractivity contribution in [2.45, 2.75) is 6.61 Å².